The summed E-state index contributed by atoms with van der Waals surface area (Å²) in [5, 5.41) is 14.0. The van der Waals surface area contributed by atoms with Gasteiger partial charge in [-0.25, -0.2) is 9.97 Å². The van der Waals surface area contributed by atoms with E-state index in [0.29, 0.717) is 5.95 Å². The molecular weight excluding hydrogens is 258 g/mol. The number of rotatable bonds is 5. The van der Waals surface area contributed by atoms with Crippen LogP contribution in [-0.2, 0) is 0 Å². The van der Waals surface area contributed by atoms with Gasteiger partial charge >= 0.3 is 0 Å². The van der Waals surface area contributed by atoms with Gasteiger partial charge in [-0.2, -0.15) is 0 Å². The molecule has 0 aliphatic heterocycles. The van der Waals surface area contributed by atoms with E-state index in [4.69, 9.17) is 5.11 Å². The van der Waals surface area contributed by atoms with Crippen LogP contribution in [0.1, 0.15) is 24.6 Å². The highest BCUT2D eigenvalue weighted by Crippen LogP contribution is 2.28. The number of nitrogens with one attached hydrogen (secondary N) is 1. The summed E-state index contributed by atoms with van der Waals surface area (Å²) in [6, 6.07) is 0. The molecule has 0 aliphatic carbocycles. The third-order valence-corrected chi connectivity index (χ3v) is 3.71. The summed E-state index contributed by atoms with van der Waals surface area (Å²) >= 11 is 1.64. The molecule has 0 amide bonds. The molecule has 2 aromatic rings. The molecule has 4 nitrogen and oxygen atoms in total. The van der Waals surface area contributed by atoms with E-state index in [9.17, 15) is 0 Å². The summed E-state index contributed by atoms with van der Waals surface area (Å²) in [4.78, 5) is 9.06. The van der Waals surface area contributed by atoms with Crippen molar-refractivity contribution in [2.75, 3.05) is 11.9 Å². The van der Waals surface area contributed by atoms with E-state index in [1.54, 1.807) is 23.5 Å². The molecule has 2 N–H and O–H groups in total. The summed E-state index contributed by atoms with van der Waals surface area (Å²) in [7, 11) is 0. The number of aliphatic hydroxyl groups is 1. The molecule has 0 bridgehead atoms. The molecule has 2 heterocycles. The molecule has 2 rings (SSSR count). The van der Waals surface area contributed by atoms with Gasteiger partial charge in [0.1, 0.15) is 0 Å². The molecule has 0 aliphatic rings. The molecule has 0 fully saturated rings. The second kappa shape index (κ2) is 6.33. The predicted molar refractivity (Wildman–Crippen MR) is 81.7 cm³/mol. The van der Waals surface area contributed by atoms with Crippen molar-refractivity contribution in [3.05, 3.63) is 35.1 Å². The first-order valence-electron chi connectivity index (χ1n) is 6.23. The number of nitrogens with zero attached hydrogens (tertiary/aromatic N) is 2. The highest BCUT2D eigenvalue weighted by atomic mass is 32.1. The van der Waals surface area contributed by atoms with Crippen molar-refractivity contribution in [1.82, 2.24) is 9.97 Å². The lowest BCUT2D eigenvalue weighted by molar-refractivity contribution is 0.474. The molecule has 100 valence electrons. The smallest absolute Gasteiger partial charge is 0.223 e. The molecule has 0 spiro atoms. The van der Waals surface area contributed by atoms with Crippen LogP contribution < -0.4 is 5.32 Å². The van der Waals surface area contributed by atoms with Crippen LogP contribution in [0.15, 0.2) is 23.8 Å². The molecule has 0 atom stereocenters. The van der Waals surface area contributed by atoms with Crippen LogP contribution in [0, 0.1) is 6.92 Å². The van der Waals surface area contributed by atoms with Crippen LogP contribution in [-0.4, -0.2) is 21.6 Å². The zero-order valence-electron chi connectivity index (χ0n) is 11.1. The number of hydrogen-bond acceptors (Lipinski definition) is 5. The van der Waals surface area contributed by atoms with E-state index in [1.165, 1.54) is 0 Å². The fourth-order valence-corrected chi connectivity index (χ4v) is 2.64. The summed E-state index contributed by atoms with van der Waals surface area (Å²) in [5.74, 6) is 0.656. The second-order valence-electron chi connectivity index (χ2n) is 4.16. The average molecular weight is 275 g/mol. The van der Waals surface area contributed by atoms with Crippen LogP contribution in [0.3, 0.4) is 0 Å². The van der Waals surface area contributed by atoms with E-state index in [0.717, 1.165) is 40.7 Å². The fourth-order valence-electron chi connectivity index (χ4n) is 1.68. The largest absolute Gasteiger partial charge is 0.516 e. The highest BCUT2D eigenvalue weighted by Gasteiger charge is 2.09. The van der Waals surface area contributed by atoms with E-state index >= 15 is 0 Å². The van der Waals surface area contributed by atoms with Gasteiger partial charge in [0.25, 0.3) is 0 Å². The maximum Gasteiger partial charge on any atom is 0.223 e. The van der Waals surface area contributed by atoms with Crippen molar-refractivity contribution < 1.29 is 5.11 Å². The molecule has 0 saturated heterocycles. The first kappa shape index (κ1) is 13.5. The van der Waals surface area contributed by atoms with Gasteiger partial charge in [0, 0.05) is 6.54 Å². The minimum absolute atomic E-state index is 0.656. The van der Waals surface area contributed by atoms with Crippen molar-refractivity contribution in [3.63, 3.8) is 0 Å². The minimum atomic E-state index is 0.656. The average Bonchev–Trinajstić information content (AvgIpc) is 2.79. The quantitative estimate of drug-likeness (QED) is 0.641. The van der Waals surface area contributed by atoms with Gasteiger partial charge in [-0.1, -0.05) is 13.0 Å². The number of aryl methyl sites for hydroxylation is 1. The van der Waals surface area contributed by atoms with Gasteiger partial charge in [0.15, 0.2) is 0 Å². The zero-order valence-corrected chi connectivity index (χ0v) is 11.9. The Kier molecular flexibility index (Phi) is 4.52. The van der Waals surface area contributed by atoms with E-state index < -0.39 is 0 Å². The topological polar surface area (TPSA) is 58.0 Å². The lowest BCUT2D eigenvalue weighted by Gasteiger charge is -2.05. The lowest BCUT2D eigenvalue weighted by atomic mass is 10.2. The third-order valence-electron chi connectivity index (χ3n) is 2.60. The van der Waals surface area contributed by atoms with E-state index in [-0.39, 0.29) is 0 Å². The number of anilines is 1. The van der Waals surface area contributed by atoms with Crippen molar-refractivity contribution in [3.8, 4) is 0 Å². The van der Waals surface area contributed by atoms with Gasteiger partial charge in [-0.05, 0) is 36.4 Å². The molecule has 19 heavy (non-hydrogen) atoms. The Morgan fingerprint density at radius 1 is 1.37 bits per heavy atom. The van der Waals surface area contributed by atoms with Crippen molar-refractivity contribution >= 4 is 33.6 Å². The number of thiophene rings is 1. The van der Waals surface area contributed by atoms with E-state index in [2.05, 4.69) is 34.5 Å². The summed E-state index contributed by atoms with van der Waals surface area (Å²) in [6.45, 7) is 5.01. The number of fused-ring (bicyclic) bond motifs is 1. The molecule has 0 saturated carbocycles. The first-order chi connectivity index (χ1) is 9.26. The minimum Gasteiger partial charge on any atom is -0.516 e. The van der Waals surface area contributed by atoms with Gasteiger partial charge in [-0.15, -0.1) is 11.3 Å². The lowest BCUT2D eigenvalue weighted by Crippen LogP contribution is -2.05. The molecule has 5 heteroatoms. The fraction of sp³-hybridized carbons (Fsp3) is 0.286. The molecule has 0 radical (unpaired) electrons. The highest BCUT2D eigenvalue weighted by molar-refractivity contribution is 7.17. The predicted octanol–water partition coefficient (Wildman–Crippen LogP) is 3.91. The Morgan fingerprint density at radius 3 is 2.95 bits per heavy atom. The summed E-state index contributed by atoms with van der Waals surface area (Å²) in [6.07, 6.45) is 7.24. The van der Waals surface area contributed by atoms with Gasteiger partial charge in [0.05, 0.1) is 22.2 Å². The number of allylic oxidation sites excluding steroid dienone is 2. The monoisotopic (exact) mass is 275 g/mol. The molecule has 0 aromatic carbocycles. The van der Waals surface area contributed by atoms with Crippen LogP contribution in [0.25, 0.3) is 16.3 Å². The Hall–Kier alpha value is -1.88. The second-order valence-corrected chi connectivity index (χ2v) is 5.04. The SMILES string of the molecule is CCCNc1nc(/C=C/C=C\O)c2scc(C)c2n1. The molecule has 0 unspecified atom stereocenters. The van der Waals surface area contributed by atoms with Crippen LogP contribution >= 0.6 is 11.3 Å². The van der Waals surface area contributed by atoms with Crippen LogP contribution in [0.4, 0.5) is 5.95 Å². The maximum absolute atomic E-state index is 8.66. The van der Waals surface area contributed by atoms with Gasteiger partial charge in [0.2, 0.25) is 5.95 Å². The Labute approximate surface area is 116 Å². The maximum atomic E-state index is 8.66. The summed E-state index contributed by atoms with van der Waals surface area (Å²) in [5.41, 5.74) is 3.03. The Balaban J connectivity index is 2.46. The zero-order chi connectivity index (χ0) is 13.7. The summed E-state index contributed by atoms with van der Waals surface area (Å²) < 4.78 is 1.07. The Bertz CT molecular complexity index is 616. The normalized spacial score (nSPS) is 11.9. The Morgan fingerprint density at radius 2 is 2.21 bits per heavy atom. The van der Waals surface area contributed by atoms with Crippen LogP contribution in [0.5, 0.6) is 0 Å². The third kappa shape index (κ3) is 3.12. The van der Waals surface area contributed by atoms with E-state index in [1.807, 2.05) is 6.08 Å². The molecular formula is C14H17N3OS. The number of aliphatic hydroxyl groups excluding tert-OH is 1. The van der Waals surface area contributed by atoms with Gasteiger partial charge in [-0.3, -0.25) is 0 Å². The van der Waals surface area contributed by atoms with Gasteiger partial charge < -0.3 is 10.4 Å². The first-order valence-corrected chi connectivity index (χ1v) is 7.11. The number of aromatic nitrogens is 2. The van der Waals surface area contributed by atoms with Crippen molar-refractivity contribution in [2.45, 2.75) is 20.3 Å². The number of hydrogen-bond donors (Lipinski definition) is 2. The van der Waals surface area contributed by atoms with Crippen molar-refractivity contribution in [1.29, 1.82) is 0 Å². The standard InChI is InChI=1S/C14H17N3OS/c1-3-7-15-14-16-11(6-4-5-8-18)13-12(17-14)10(2)9-19-13/h4-6,8-9,18H,3,7H2,1-2H3,(H,15,16,17)/b6-4+,8-5-. The van der Waals surface area contributed by atoms with Crippen LogP contribution in [0.2, 0.25) is 0 Å². The van der Waals surface area contributed by atoms with Crippen molar-refractivity contribution in [2.24, 2.45) is 0 Å². The molecule has 2 aromatic heterocycles.